The van der Waals surface area contributed by atoms with Crippen molar-refractivity contribution in [2.75, 3.05) is 9.80 Å². The summed E-state index contributed by atoms with van der Waals surface area (Å²) >= 11 is 5.65. The van der Waals surface area contributed by atoms with Crippen molar-refractivity contribution in [2.24, 2.45) is 0 Å². The number of amides is 1. The number of benzene rings is 3. The number of hydrogen-bond donors (Lipinski definition) is 0. The van der Waals surface area contributed by atoms with Gasteiger partial charge in [-0.3, -0.25) is 9.69 Å². The van der Waals surface area contributed by atoms with E-state index in [9.17, 15) is 4.79 Å². The van der Waals surface area contributed by atoms with E-state index in [1.54, 1.807) is 4.90 Å². The highest BCUT2D eigenvalue weighted by atomic mass is 32.1. The molecule has 1 unspecified atom stereocenters. The summed E-state index contributed by atoms with van der Waals surface area (Å²) in [5, 5.41) is 0.523. The molecule has 0 radical (unpaired) electrons. The van der Waals surface area contributed by atoms with Gasteiger partial charge in [0, 0.05) is 5.69 Å². The smallest absolute Gasteiger partial charge is 0.256 e. The zero-order valence-electron chi connectivity index (χ0n) is 15.1. The summed E-state index contributed by atoms with van der Waals surface area (Å²) in [6.07, 6.45) is 0.885. The maximum atomic E-state index is 12.8. The van der Waals surface area contributed by atoms with E-state index >= 15 is 0 Å². The van der Waals surface area contributed by atoms with Gasteiger partial charge < -0.3 is 4.90 Å². The molecule has 0 N–H and O–H groups in total. The van der Waals surface area contributed by atoms with Gasteiger partial charge in [-0.2, -0.15) is 0 Å². The minimum Gasteiger partial charge on any atom is -0.306 e. The van der Waals surface area contributed by atoms with Gasteiger partial charge in [-0.15, -0.1) is 0 Å². The molecule has 1 aliphatic rings. The first-order chi connectivity index (χ1) is 13.1. The van der Waals surface area contributed by atoms with Crippen LogP contribution in [0.3, 0.4) is 0 Å². The van der Waals surface area contributed by atoms with Crippen LogP contribution in [0.15, 0.2) is 84.9 Å². The Morgan fingerprint density at radius 3 is 1.96 bits per heavy atom. The number of anilines is 2. The third-order valence-corrected chi connectivity index (χ3v) is 5.22. The number of hydrogen-bond acceptors (Lipinski definition) is 2. The minimum atomic E-state index is -0.322. The first-order valence-electron chi connectivity index (χ1n) is 9.00. The van der Waals surface area contributed by atoms with Gasteiger partial charge in [-0.1, -0.05) is 60.7 Å². The molecule has 0 aromatic heterocycles. The van der Waals surface area contributed by atoms with Crippen LogP contribution in [0.5, 0.6) is 0 Å². The molecule has 0 bridgehead atoms. The Morgan fingerprint density at radius 1 is 0.778 bits per heavy atom. The van der Waals surface area contributed by atoms with Gasteiger partial charge in [0.05, 0.1) is 5.69 Å². The summed E-state index contributed by atoms with van der Waals surface area (Å²) in [7, 11) is 0. The molecule has 3 nitrogen and oxygen atoms in total. The monoisotopic (exact) mass is 372 g/mol. The average Bonchev–Trinajstić information content (AvgIpc) is 2.93. The Bertz CT molecular complexity index is 955. The van der Waals surface area contributed by atoms with Gasteiger partial charge in [0.1, 0.15) is 6.04 Å². The highest BCUT2D eigenvalue weighted by molar-refractivity contribution is 7.81. The third kappa shape index (κ3) is 3.36. The molecule has 134 valence electrons. The normalized spacial score (nSPS) is 16.9. The van der Waals surface area contributed by atoms with Crippen LogP contribution < -0.4 is 9.80 Å². The zero-order chi connectivity index (χ0) is 18.8. The number of para-hydroxylation sites is 1. The molecule has 1 saturated heterocycles. The van der Waals surface area contributed by atoms with E-state index in [2.05, 4.69) is 36.4 Å². The summed E-state index contributed by atoms with van der Waals surface area (Å²) in [5.41, 5.74) is 4.26. The molecule has 0 spiro atoms. The molecule has 1 amide bonds. The molecule has 27 heavy (non-hydrogen) atoms. The molecule has 0 saturated carbocycles. The van der Waals surface area contributed by atoms with Gasteiger partial charge in [0.15, 0.2) is 5.11 Å². The van der Waals surface area contributed by atoms with E-state index < -0.39 is 0 Å². The van der Waals surface area contributed by atoms with Gasteiger partial charge in [0.25, 0.3) is 5.91 Å². The summed E-state index contributed by atoms with van der Waals surface area (Å²) in [6, 6.07) is 27.9. The predicted molar refractivity (Wildman–Crippen MR) is 114 cm³/mol. The SMILES string of the molecule is CC1C(=O)N(c2ccccc2)C(=S)N1c1ccc(Cc2ccccc2)cc1. The second-order valence-corrected chi connectivity index (χ2v) is 7.03. The molecule has 3 aromatic carbocycles. The highest BCUT2D eigenvalue weighted by Gasteiger charge is 2.41. The lowest BCUT2D eigenvalue weighted by atomic mass is 10.0. The van der Waals surface area contributed by atoms with Crippen LogP contribution in [0, 0.1) is 0 Å². The van der Waals surface area contributed by atoms with Crippen molar-refractivity contribution in [2.45, 2.75) is 19.4 Å². The van der Waals surface area contributed by atoms with E-state index in [1.165, 1.54) is 11.1 Å². The number of carbonyl (C=O) groups excluding carboxylic acids is 1. The van der Waals surface area contributed by atoms with Crippen LogP contribution in [0.4, 0.5) is 11.4 Å². The quantitative estimate of drug-likeness (QED) is 0.615. The van der Waals surface area contributed by atoms with Crippen LogP contribution in [0.2, 0.25) is 0 Å². The second-order valence-electron chi connectivity index (χ2n) is 6.67. The van der Waals surface area contributed by atoms with Crippen molar-refractivity contribution < 1.29 is 4.79 Å². The highest BCUT2D eigenvalue weighted by Crippen LogP contribution is 2.30. The largest absolute Gasteiger partial charge is 0.306 e. The van der Waals surface area contributed by atoms with Crippen LogP contribution in [-0.4, -0.2) is 17.1 Å². The maximum Gasteiger partial charge on any atom is 0.256 e. The Labute approximate surface area is 164 Å². The fourth-order valence-electron chi connectivity index (χ4n) is 3.42. The summed E-state index contributed by atoms with van der Waals surface area (Å²) in [4.78, 5) is 16.4. The van der Waals surface area contributed by atoms with Crippen LogP contribution in [0.1, 0.15) is 18.1 Å². The van der Waals surface area contributed by atoms with Gasteiger partial charge in [-0.05, 0) is 61.0 Å². The van der Waals surface area contributed by atoms with Crippen molar-refractivity contribution in [1.29, 1.82) is 0 Å². The Kier molecular flexibility index (Phi) is 4.73. The van der Waals surface area contributed by atoms with Gasteiger partial charge in [-0.25, -0.2) is 0 Å². The van der Waals surface area contributed by atoms with Crippen molar-refractivity contribution in [1.82, 2.24) is 0 Å². The fraction of sp³-hybridized carbons (Fsp3) is 0.130. The lowest BCUT2D eigenvalue weighted by molar-refractivity contribution is -0.117. The molecule has 1 fully saturated rings. The van der Waals surface area contributed by atoms with Crippen molar-refractivity contribution in [3.8, 4) is 0 Å². The van der Waals surface area contributed by atoms with Crippen molar-refractivity contribution in [3.05, 3.63) is 96.1 Å². The van der Waals surface area contributed by atoms with E-state index in [4.69, 9.17) is 12.2 Å². The molecule has 1 aliphatic heterocycles. The molecule has 0 aliphatic carbocycles. The van der Waals surface area contributed by atoms with E-state index in [1.807, 2.05) is 60.4 Å². The van der Waals surface area contributed by atoms with Crippen LogP contribution in [-0.2, 0) is 11.2 Å². The molecule has 1 atom stereocenters. The third-order valence-electron chi connectivity index (χ3n) is 4.84. The fourth-order valence-corrected chi connectivity index (χ4v) is 3.88. The minimum absolute atomic E-state index is 0.000405. The molecule has 4 heteroatoms. The van der Waals surface area contributed by atoms with Crippen LogP contribution >= 0.6 is 12.2 Å². The first kappa shape index (κ1) is 17.4. The zero-order valence-corrected chi connectivity index (χ0v) is 15.9. The number of thiocarbonyl (C=S) groups is 1. The standard InChI is InChI=1S/C23H20N2OS/c1-17-22(26)25(20-10-6-3-7-11-20)23(27)24(17)21-14-12-19(13-15-21)16-18-8-4-2-5-9-18/h2-15,17H,16H2,1H3. The van der Waals surface area contributed by atoms with Crippen molar-refractivity contribution >= 4 is 34.6 Å². The second kappa shape index (κ2) is 7.33. The Balaban J connectivity index is 1.58. The average molecular weight is 372 g/mol. The number of carbonyl (C=O) groups is 1. The Morgan fingerprint density at radius 2 is 1.33 bits per heavy atom. The Hall–Kier alpha value is -2.98. The molecular formula is C23H20N2OS. The maximum absolute atomic E-state index is 12.8. The lowest BCUT2D eigenvalue weighted by Gasteiger charge is -2.22. The van der Waals surface area contributed by atoms with E-state index in [0.717, 1.165) is 17.8 Å². The predicted octanol–water partition coefficient (Wildman–Crippen LogP) is 4.80. The van der Waals surface area contributed by atoms with Gasteiger partial charge >= 0.3 is 0 Å². The summed E-state index contributed by atoms with van der Waals surface area (Å²) in [6.45, 7) is 1.90. The molecule has 4 rings (SSSR count). The first-order valence-corrected chi connectivity index (χ1v) is 9.41. The lowest BCUT2D eigenvalue weighted by Crippen LogP contribution is -2.33. The number of rotatable bonds is 4. The molecular weight excluding hydrogens is 352 g/mol. The number of nitrogens with zero attached hydrogens (tertiary/aromatic N) is 2. The van der Waals surface area contributed by atoms with E-state index in [0.29, 0.717) is 5.11 Å². The van der Waals surface area contributed by atoms with E-state index in [-0.39, 0.29) is 11.9 Å². The summed E-state index contributed by atoms with van der Waals surface area (Å²) in [5.74, 6) is -0.000405. The summed E-state index contributed by atoms with van der Waals surface area (Å²) < 4.78 is 0. The molecule has 3 aromatic rings. The topological polar surface area (TPSA) is 23.6 Å². The van der Waals surface area contributed by atoms with Gasteiger partial charge in [0.2, 0.25) is 0 Å². The molecule has 1 heterocycles. The van der Waals surface area contributed by atoms with Crippen molar-refractivity contribution in [3.63, 3.8) is 0 Å². The van der Waals surface area contributed by atoms with Crippen LogP contribution in [0.25, 0.3) is 0 Å².